The minimum Gasteiger partial charge on any atom is -0.486 e. The molecule has 0 aromatic heterocycles. The maximum Gasteiger partial charge on any atom is 0.226 e. The van der Waals surface area contributed by atoms with Gasteiger partial charge in [0, 0.05) is 19.0 Å². The number of fused-ring (bicyclic) bond motifs is 1. The Labute approximate surface area is 117 Å². The largest absolute Gasteiger partial charge is 0.486 e. The van der Waals surface area contributed by atoms with E-state index in [1.165, 1.54) is 0 Å². The summed E-state index contributed by atoms with van der Waals surface area (Å²) in [6, 6.07) is 7.44. The molecule has 1 saturated heterocycles. The highest BCUT2D eigenvalue weighted by Crippen LogP contribution is 2.31. The summed E-state index contributed by atoms with van der Waals surface area (Å²) in [7, 11) is 0. The second-order valence-corrected chi connectivity index (χ2v) is 5.35. The van der Waals surface area contributed by atoms with Gasteiger partial charge < -0.3 is 14.4 Å². The molecule has 4 nitrogen and oxygen atoms in total. The molecule has 0 bridgehead atoms. The van der Waals surface area contributed by atoms with Crippen LogP contribution in [0.15, 0.2) is 24.3 Å². The number of likely N-dealkylation sites (tertiary alicyclic amines) is 1. The van der Waals surface area contributed by atoms with E-state index in [-0.39, 0.29) is 31.0 Å². The number of amides is 1. The van der Waals surface area contributed by atoms with Crippen molar-refractivity contribution < 1.29 is 18.7 Å². The maximum absolute atomic E-state index is 12.6. The minimum atomic E-state index is -0.347. The average Bonchev–Trinajstić information content (AvgIpc) is 2.96. The van der Waals surface area contributed by atoms with Gasteiger partial charge in [0.25, 0.3) is 0 Å². The van der Waals surface area contributed by atoms with Gasteiger partial charge in [-0.1, -0.05) is 12.1 Å². The third-order valence-corrected chi connectivity index (χ3v) is 3.83. The number of rotatable bonds is 3. The zero-order chi connectivity index (χ0) is 13.9. The molecule has 0 radical (unpaired) electrons. The monoisotopic (exact) mass is 279 g/mol. The quantitative estimate of drug-likeness (QED) is 0.850. The van der Waals surface area contributed by atoms with Crippen LogP contribution in [0.1, 0.15) is 12.8 Å². The zero-order valence-electron chi connectivity index (χ0n) is 11.3. The van der Waals surface area contributed by atoms with Gasteiger partial charge in [-0.2, -0.15) is 0 Å². The number of para-hydroxylation sites is 2. The maximum atomic E-state index is 12.6. The number of alkyl halides is 1. The number of ether oxygens (including phenoxy) is 2. The molecule has 2 atom stereocenters. The Morgan fingerprint density at radius 1 is 1.35 bits per heavy atom. The number of benzene rings is 1. The van der Waals surface area contributed by atoms with E-state index in [9.17, 15) is 9.18 Å². The Balaban J connectivity index is 1.56. The van der Waals surface area contributed by atoms with Crippen molar-refractivity contribution in [2.45, 2.75) is 18.9 Å². The number of hydrogen-bond donors (Lipinski definition) is 0. The van der Waals surface area contributed by atoms with E-state index in [0.29, 0.717) is 25.4 Å². The van der Waals surface area contributed by atoms with Crippen molar-refractivity contribution in [2.24, 2.45) is 5.92 Å². The molecule has 2 aliphatic rings. The van der Waals surface area contributed by atoms with E-state index in [1.54, 1.807) is 4.90 Å². The molecule has 2 aliphatic heterocycles. The summed E-state index contributed by atoms with van der Waals surface area (Å²) >= 11 is 0. The van der Waals surface area contributed by atoms with Gasteiger partial charge in [-0.15, -0.1) is 0 Å². The van der Waals surface area contributed by atoms with E-state index >= 15 is 0 Å². The molecule has 0 spiro atoms. The number of halogens is 1. The van der Waals surface area contributed by atoms with Crippen LogP contribution in [0.4, 0.5) is 4.39 Å². The molecule has 108 valence electrons. The van der Waals surface area contributed by atoms with Gasteiger partial charge >= 0.3 is 0 Å². The van der Waals surface area contributed by atoms with Crippen LogP contribution in [-0.4, -0.2) is 43.3 Å². The summed E-state index contributed by atoms with van der Waals surface area (Å²) in [6.45, 7) is 1.21. The lowest BCUT2D eigenvalue weighted by Gasteiger charge is -2.27. The van der Waals surface area contributed by atoms with Gasteiger partial charge in [-0.05, 0) is 18.6 Å². The molecule has 2 heterocycles. The first-order valence-corrected chi connectivity index (χ1v) is 6.98. The predicted octanol–water partition coefficient (Wildman–Crippen LogP) is 2.03. The van der Waals surface area contributed by atoms with E-state index < -0.39 is 0 Å². The average molecular weight is 279 g/mol. The second kappa shape index (κ2) is 5.69. The molecule has 5 heteroatoms. The topological polar surface area (TPSA) is 38.8 Å². The molecule has 2 unspecified atom stereocenters. The summed E-state index contributed by atoms with van der Waals surface area (Å²) < 4.78 is 23.9. The van der Waals surface area contributed by atoms with Crippen molar-refractivity contribution in [2.75, 3.05) is 26.4 Å². The van der Waals surface area contributed by atoms with Crippen molar-refractivity contribution in [3.8, 4) is 11.5 Å². The molecule has 0 saturated carbocycles. The molecule has 1 fully saturated rings. The predicted molar refractivity (Wildman–Crippen MR) is 71.6 cm³/mol. The van der Waals surface area contributed by atoms with Gasteiger partial charge in [0.05, 0.1) is 13.1 Å². The normalized spacial score (nSPS) is 24.8. The van der Waals surface area contributed by atoms with Crippen molar-refractivity contribution in [3.05, 3.63) is 24.3 Å². The Morgan fingerprint density at radius 2 is 2.15 bits per heavy atom. The van der Waals surface area contributed by atoms with E-state index in [1.807, 2.05) is 24.3 Å². The van der Waals surface area contributed by atoms with Crippen molar-refractivity contribution in [1.29, 1.82) is 0 Å². The van der Waals surface area contributed by atoms with E-state index in [0.717, 1.165) is 12.2 Å². The van der Waals surface area contributed by atoms with Crippen LogP contribution in [0.5, 0.6) is 11.5 Å². The van der Waals surface area contributed by atoms with Gasteiger partial charge in [0.15, 0.2) is 11.5 Å². The van der Waals surface area contributed by atoms with E-state index in [2.05, 4.69) is 0 Å². The summed E-state index contributed by atoms with van der Waals surface area (Å²) in [5.74, 6) is 1.42. The lowest BCUT2D eigenvalue weighted by atomic mass is 10.1. The zero-order valence-corrected chi connectivity index (χ0v) is 11.3. The molecule has 1 amide bonds. The molecule has 1 aromatic carbocycles. The summed E-state index contributed by atoms with van der Waals surface area (Å²) in [5, 5.41) is 0. The summed E-state index contributed by atoms with van der Waals surface area (Å²) in [4.78, 5) is 13.9. The molecule has 0 aliphatic carbocycles. The Kier molecular flexibility index (Phi) is 3.76. The first kappa shape index (κ1) is 13.2. The van der Waals surface area contributed by atoms with Crippen molar-refractivity contribution in [1.82, 2.24) is 4.90 Å². The number of carbonyl (C=O) groups excluding carboxylic acids is 1. The summed E-state index contributed by atoms with van der Waals surface area (Å²) in [6.07, 6.45) is 0.780. The fourth-order valence-corrected chi connectivity index (χ4v) is 2.67. The SMILES string of the molecule is O=C(CC1COc2ccccc2O1)N1CCC(CF)C1. The second-order valence-electron chi connectivity index (χ2n) is 5.35. The van der Waals surface area contributed by atoms with Gasteiger partial charge in [0.1, 0.15) is 12.7 Å². The Bertz CT molecular complexity index is 494. The highest BCUT2D eigenvalue weighted by molar-refractivity contribution is 5.77. The van der Waals surface area contributed by atoms with Gasteiger partial charge in [-0.25, -0.2) is 0 Å². The van der Waals surface area contributed by atoms with Crippen LogP contribution in [0, 0.1) is 5.92 Å². The van der Waals surface area contributed by atoms with Gasteiger partial charge in [0.2, 0.25) is 5.91 Å². The van der Waals surface area contributed by atoms with Crippen LogP contribution >= 0.6 is 0 Å². The van der Waals surface area contributed by atoms with Crippen LogP contribution in [0.2, 0.25) is 0 Å². The highest BCUT2D eigenvalue weighted by Gasteiger charge is 2.30. The third kappa shape index (κ3) is 2.71. The van der Waals surface area contributed by atoms with Crippen LogP contribution in [0.3, 0.4) is 0 Å². The van der Waals surface area contributed by atoms with Crippen molar-refractivity contribution in [3.63, 3.8) is 0 Å². The Morgan fingerprint density at radius 3 is 2.90 bits per heavy atom. The smallest absolute Gasteiger partial charge is 0.226 e. The highest BCUT2D eigenvalue weighted by atomic mass is 19.1. The first-order valence-electron chi connectivity index (χ1n) is 6.98. The molecule has 20 heavy (non-hydrogen) atoms. The number of carbonyl (C=O) groups is 1. The van der Waals surface area contributed by atoms with Crippen LogP contribution < -0.4 is 9.47 Å². The molecular formula is C15H18FNO3. The van der Waals surface area contributed by atoms with Gasteiger partial charge in [-0.3, -0.25) is 9.18 Å². The minimum absolute atomic E-state index is 0.00296. The van der Waals surface area contributed by atoms with Crippen molar-refractivity contribution >= 4 is 5.91 Å². The Hall–Kier alpha value is -1.78. The number of nitrogens with zero attached hydrogens (tertiary/aromatic N) is 1. The molecular weight excluding hydrogens is 261 g/mol. The molecule has 0 N–H and O–H groups in total. The standard InChI is InChI=1S/C15H18FNO3/c16-8-11-5-6-17(9-11)15(18)7-12-10-19-13-3-1-2-4-14(13)20-12/h1-4,11-12H,5-10H2. The summed E-state index contributed by atoms with van der Waals surface area (Å²) in [5.41, 5.74) is 0. The number of hydrogen-bond acceptors (Lipinski definition) is 3. The first-order chi connectivity index (χ1) is 9.76. The third-order valence-electron chi connectivity index (χ3n) is 3.83. The fourth-order valence-electron chi connectivity index (χ4n) is 2.67. The van der Waals surface area contributed by atoms with Crippen LogP contribution in [-0.2, 0) is 4.79 Å². The lowest BCUT2D eigenvalue weighted by molar-refractivity contribution is -0.132. The van der Waals surface area contributed by atoms with E-state index in [4.69, 9.17) is 9.47 Å². The molecule has 3 rings (SSSR count). The fraction of sp³-hybridized carbons (Fsp3) is 0.533. The lowest BCUT2D eigenvalue weighted by Crippen LogP contribution is -2.37. The van der Waals surface area contributed by atoms with Crippen LogP contribution in [0.25, 0.3) is 0 Å². The molecule has 1 aromatic rings.